The fourth-order valence-electron chi connectivity index (χ4n) is 1.05. The van der Waals surface area contributed by atoms with Crippen LogP contribution >= 0.6 is 0 Å². The molecule has 1 unspecified atom stereocenters. The molecule has 0 aromatic heterocycles. The van der Waals surface area contributed by atoms with Crippen LogP contribution in [0.1, 0.15) is 20.8 Å². The van der Waals surface area contributed by atoms with E-state index < -0.39 is 0 Å². The SMILES string of the molecule is CC(C)C(C)NCCN(C)CCN. The van der Waals surface area contributed by atoms with E-state index in [4.69, 9.17) is 5.73 Å². The summed E-state index contributed by atoms with van der Waals surface area (Å²) in [4.78, 5) is 2.25. The fourth-order valence-corrected chi connectivity index (χ4v) is 1.05. The molecule has 3 N–H and O–H groups in total. The first-order valence-corrected chi connectivity index (χ1v) is 5.20. The lowest BCUT2D eigenvalue weighted by Gasteiger charge is -2.20. The standard InChI is InChI=1S/C10H25N3/c1-9(2)10(3)12-6-8-13(4)7-5-11/h9-10,12H,5-8,11H2,1-4H3. The van der Waals surface area contributed by atoms with E-state index in [1.54, 1.807) is 0 Å². The Balaban J connectivity index is 3.33. The minimum atomic E-state index is 0.603. The van der Waals surface area contributed by atoms with Crippen molar-refractivity contribution in [2.45, 2.75) is 26.8 Å². The molecule has 0 amide bonds. The third-order valence-electron chi connectivity index (χ3n) is 2.47. The molecule has 0 saturated carbocycles. The molecule has 0 spiro atoms. The Labute approximate surface area is 82.7 Å². The Bertz CT molecular complexity index is 115. The molecule has 0 aliphatic heterocycles. The Morgan fingerprint density at radius 3 is 2.31 bits per heavy atom. The van der Waals surface area contributed by atoms with E-state index in [1.807, 2.05) is 0 Å². The highest BCUT2D eigenvalue weighted by atomic mass is 15.1. The fraction of sp³-hybridized carbons (Fsp3) is 1.00. The summed E-state index contributed by atoms with van der Waals surface area (Å²) in [7, 11) is 2.11. The van der Waals surface area contributed by atoms with Crippen molar-refractivity contribution >= 4 is 0 Å². The summed E-state index contributed by atoms with van der Waals surface area (Å²) in [6.45, 7) is 10.6. The maximum Gasteiger partial charge on any atom is 0.0104 e. The molecule has 0 rings (SSSR count). The summed E-state index contributed by atoms with van der Waals surface area (Å²) >= 11 is 0. The van der Waals surface area contributed by atoms with Gasteiger partial charge in [0.05, 0.1) is 0 Å². The molecule has 0 heterocycles. The van der Waals surface area contributed by atoms with E-state index in [9.17, 15) is 0 Å². The number of nitrogens with two attached hydrogens (primary N) is 1. The van der Waals surface area contributed by atoms with Crippen molar-refractivity contribution in [2.75, 3.05) is 33.2 Å². The van der Waals surface area contributed by atoms with Crippen LogP contribution in [0.3, 0.4) is 0 Å². The molecule has 0 radical (unpaired) electrons. The van der Waals surface area contributed by atoms with Crippen LogP contribution in [0.2, 0.25) is 0 Å². The van der Waals surface area contributed by atoms with Gasteiger partial charge in [-0.3, -0.25) is 0 Å². The monoisotopic (exact) mass is 187 g/mol. The van der Waals surface area contributed by atoms with E-state index in [1.165, 1.54) is 0 Å². The minimum absolute atomic E-state index is 0.603. The number of hydrogen-bond acceptors (Lipinski definition) is 3. The van der Waals surface area contributed by atoms with E-state index in [0.717, 1.165) is 26.2 Å². The van der Waals surface area contributed by atoms with Gasteiger partial charge >= 0.3 is 0 Å². The van der Waals surface area contributed by atoms with Gasteiger partial charge in [-0.25, -0.2) is 0 Å². The molecule has 0 bridgehead atoms. The quantitative estimate of drug-likeness (QED) is 0.610. The Kier molecular flexibility index (Phi) is 7.23. The van der Waals surface area contributed by atoms with Gasteiger partial charge < -0.3 is 16.0 Å². The number of hydrogen-bond donors (Lipinski definition) is 2. The molecule has 0 saturated heterocycles. The molecule has 80 valence electrons. The molecular weight excluding hydrogens is 162 g/mol. The highest BCUT2D eigenvalue weighted by Crippen LogP contribution is 1.98. The highest BCUT2D eigenvalue weighted by molar-refractivity contribution is 4.65. The van der Waals surface area contributed by atoms with Crippen molar-refractivity contribution < 1.29 is 0 Å². The number of rotatable bonds is 7. The first-order chi connectivity index (χ1) is 6.07. The van der Waals surface area contributed by atoms with Gasteiger partial charge in [-0.15, -0.1) is 0 Å². The molecule has 3 heteroatoms. The van der Waals surface area contributed by atoms with Crippen molar-refractivity contribution in [3.8, 4) is 0 Å². The van der Waals surface area contributed by atoms with E-state index in [0.29, 0.717) is 12.0 Å². The summed E-state index contributed by atoms with van der Waals surface area (Å²) in [6.07, 6.45) is 0. The van der Waals surface area contributed by atoms with E-state index >= 15 is 0 Å². The van der Waals surface area contributed by atoms with Crippen molar-refractivity contribution in [3.05, 3.63) is 0 Å². The second-order valence-electron chi connectivity index (χ2n) is 4.08. The van der Waals surface area contributed by atoms with Crippen molar-refractivity contribution in [1.82, 2.24) is 10.2 Å². The lowest BCUT2D eigenvalue weighted by atomic mass is 10.1. The normalized spacial score (nSPS) is 14.1. The van der Waals surface area contributed by atoms with Crippen LogP contribution in [0.25, 0.3) is 0 Å². The van der Waals surface area contributed by atoms with Gasteiger partial charge in [0.1, 0.15) is 0 Å². The average molecular weight is 187 g/mol. The second-order valence-corrected chi connectivity index (χ2v) is 4.08. The van der Waals surface area contributed by atoms with E-state index in [-0.39, 0.29) is 0 Å². The Morgan fingerprint density at radius 2 is 1.85 bits per heavy atom. The topological polar surface area (TPSA) is 41.3 Å². The zero-order valence-electron chi connectivity index (χ0n) is 9.51. The molecule has 1 atom stereocenters. The van der Waals surface area contributed by atoms with Gasteiger partial charge in [0.15, 0.2) is 0 Å². The molecule has 0 aliphatic rings. The van der Waals surface area contributed by atoms with Crippen LogP contribution in [0, 0.1) is 5.92 Å². The predicted octanol–water partition coefficient (Wildman–Crippen LogP) is 0.511. The zero-order chi connectivity index (χ0) is 10.3. The molecule has 3 nitrogen and oxygen atoms in total. The van der Waals surface area contributed by atoms with E-state index in [2.05, 4.69) is 38.0 Å². The average Bonchev–Trinajstić information content (AvgIpc) is 2.04. The van der Waals surface area contributed by atoms with Gasteiger partial charge in [0, 0.05) is 32.2 Å². The van der Waals surface area contributed by atoms with Crippen molar-refractivity contribution in [3.63, 3.8) is 0 Å². The predicted molar refractivity (Wildman–Crippen MR) is 58.9 cm³/mol. The largest absolute Gasteiger partial charge is 0.329 e. The lowest BCUT2D eigenvalue weighted by molar-refractivity contribution is 0.321. The zero-order valence-corrected chi connectivity index (χ0v) is 9.51. The van der Waals surface area contributed by atoms with Crippen molar-refractivity contribution in [1.29, 1.82) is 0 Å². The number of nitrogens with one attached hydrogen (secondary N) is 1. The Morgan fingerprint density at radius 1 is 1.23 bits per heavy atom. The summed E-state index contributed by atoms with van der Waals surface area (Å²) in [5, 5.41) is 3.49. The first-order valence-electron chi connectivity index (χ1n) is 5.20. The smallest absolute Gasteiger partial charge is 0.0104 e. The van der Waals surface area contributed by atoms with Gasteiger partial charge in [-0.1, -0.05) is 13.8 Å². The molecule has 0 aromatic rings. The van der Waals surface area contributed by atoms with Gasteiger partial charge in [-0.05, 0) is 19.9 Å². The maximum absolute atomic E-state index is 5.45. The van der Waals surface area contributed by atoms with Crippen LogP contribution in [-0.2, 0) is 0 Å². The summed E-state index contributed by atoms with van der Waals surface area (Å²) in [5.74, 6) is 0.708. The maximum atomic E-state index is 5.45. The molecule has 13 heavy (non-hydrogen) atoms. The van der Waals surface area contributed by atoms with Crippen LogP contribution < -0.4 is 11.1 Å². The van der Waals surface area contributed by atoms with Crippen LogP contribution in [0.4, 0.5) is 0 Å². The van der Waals surface area contributed by atoms with Gasteiger partial charge in [0.2, 0.25) is 0 Å². The second kappa shape index (κ2) is 7.30. The number of nitrogens with zero attached hydrogens (tertiary/aromatic N) is 1. The molecule has 0 fully saturated rings. The van der Waals surface area contributed by atoms with Crippen LogP contribution in [0.5, 0.6) is 0 Å². The summed E-state index contributed by atoms with van der Waals surface area (Å²) < 4.78 is 0. The highest BCUT2D eigenvalue weighted by Gasteiger charge is 2.05. The Hall–Kier alpha value is -0.120. The first kappa shape index (κ1) is 12.9. The minimum Gasteiger partial charge on any atom is -0.329 e. The van der Waals surface area contributed by atoms with Gasteiger partial charge in [-0.2, -0.15) is 0 Å². The van der Waals surface area contributed by atoms with Crippen LogP contribution in [-0.4, -0.2) is 44.2 Å². The van der Waals surface area contributed by atoms with Gasteiger partial charge in [0.25, 0.3) is 0 Å². The lowest BCUT2D eigenvalue weighted by Crippen LogP contribution is -2.38. The summed E-state index contributed by atoms with van der Waals surface area (Å²) in [6, 6.07) is 0.603. The molecular formula is C10H25N3. The number of likely N-dealkylation sites (N-methyl/N-ethyl adjacent to an activating group) is 1. The van der Waals surface area contributed by atoms with Crippen LogP contribution in [0.15, 0.2) is 0 Å². The summed E-state index contributed by atoms with van der Waals surface area (Å²) in [5.41, 5.74) is 5.45. The van der Waals surface area contributed by atoms with Crippen molar-refractivity contribution in [2.24, 2.45) is 11.7 Å². The molecule has 0 aliphatic carbocycles. The third kappa shape index (κ3) is 6.99. The third-order valence-corrected chi connectivity index (χ3v) is 2.47. The molecule has 0 aromatic carbocycles.